The highest BCUT2D eigenvalue weighted by molar-refractivity contribution is 5.77. The van der Waals surface area contributed by atoms with E-state index in [-0.39, 0.29) is 5.88 Å². The fourth-order valence-corrected chi connectivity index (χ4v) is 2.40. The highest BCUT2D eigenvalue weighted by atomic mass is 16.3. The lowest BCUT2D eigenvalue weighted by Crippen LogP contribution is -2.39. The smallest absolute Gasteiger partial charge is 0.152 e. The minimum absolute atomic E-state index is 0.280. The maximum absolute atomic E-state index is 11.1. The summed E-state index contributed by atoms with van der Waals surface area (Å²) in [5, 5.41) is 18.7. The third-order valence-electron chi connectivity index (χ3n) is 3.20. The number of hydrogen-bond acceptors (Lipinski definition) is 4. The fraction of sp³-hybridized carbons (Fsp3) is 0.357. The first-order chi connectivity index (χ1) is 9.13. The van der Waals surface area contributed by atoms with Crippen LogP contribution in [-0.4, -0.2) is 23.9 Å². The van der Waals surface area contributed by atoms with E-state index in [0.717, 1.165) is 35.4 Å². The van der Waals surface area contributed by atoms with Gasteiger partial charge in [-0.2, -0.15) is 0 Å². The SMILES string of the molecule is C=C([O-])NCCNC1=c2c(C=O)cn(C)c2=CCC1. The molecule has 1 aliphatic carbocycles. The maximum Gasteiger partial charge on any atom is 0.152 e. The van der Waals surface area contributed by atoms with Crippen molar-refractivity contribution in [3.05, 3.63) is 34.8 Å². The molecule has 1 aliphatic rings. The van der Waals surface area contributed by atoms with Gasteiger partial charge in [-0.05, 0) is 12.8 Å². The minimum atomic E-state index is -0.280. The van der Waals surface area contributed by atoms with Gasteiger partial charge in [-0.1, -0.05) is 18.5 Å². The van der Waals surface area contributed by atoms with Crippen LogP contribution >= 0.6 is 0 Å². The zero-order valence-corrected chi connectivity index (χ0v) is 11.0. The van der Waals surface area contributed by atoms with Gasteiger partial charge in [-0.3, -0.25) is 4.79 Å². The predicted octanol–water partition coefficient (Wildman–Crippen LogP) is -1.47. The van der Waals surface area contributed by atoms with Crippen molar-refractivity contribution in [1.82, 2.24) is 15.2 Å². The third-order valence-corrected chi connectivity index (χ3v) is 3.20. The second-order valence-electron chi connectivity index (χ2n) is 4.57. The molecular weight excluding hydrogens is 242 g/mol. The van der Waals surface area contributed by atoms with Crippen molar-refractivity contribution in [2.45, 2.75) is 12.8 Å². The Bertz CT molecular complexity index is 613. The molecule has 102 valence electrons. The number of carbonyl (C=O) groups excluding carboxylic acids is 1. The van der Waals surface area contributed by atoms with Crippen molar-refractivity contribution < 1.29 is 9.90 Å². The molecule has 0 saturated heterocycles. The Morgan fingerprint density at radius 2 is 2.37 bits per heavy atom. The molecule has 0 aromatic carbocycles. The summed E-state index contributed by atoms with van der Waals surface area (Å²) in [7, 11) is 1.94. The molecule has 5 nitrogen and oxygen atoms in total. The highest BCUT2D eigenvalue weighted by Crippen LogP contribution is 2.05. The summed E-state index contributed by atoms with van der Waals surface area (Å²) < 4.78 is 1.97. The lowest BCUT2D eigenvalue weighted by molar-refractivity contribution is -0.310. The average molecular weight is 260 g/mol. The molecule has 2 rings (SSSR count). The Morgan fingerprint density at radius 1 is 1.58 bits per heavy atom. The van der Waals surface area contributed by atoms with Gasteiger partial charge in [0.15, 0.2) is 6.29 Å². The summed E-state index contributed by atoms with van der Waals surface area (Å²) in [4.78, 5) is 11.1. The van der Waals surface area contributed by atoms with Gasteiger partial charge in [0, 0.05) is 48.2 Å². The minimum Gasteiger partial charge on any atom is -0.861 e. The third kappa shape index (κ3) is 2.81. The highest BCUT2D eigenvalue weighted by Gasteiger charge is 2.10. The number of fused-ring (bicyclic) bond motifs is 1. The Labute approximate surface area is 111 Å². The van der Waals surface area contributed by atoms with Crippen molar-refractivity contribution in [3.63, 3.8) is 0 Å². The Morgan fingerprint density at radius 3 is 3.05 bits per heavy atom. The van der Waals surface area contributed by atoms with Gasteiger partial charge in [-0.25, -0.2) is 0 Å². The molecule has 1 heterocycles. The van der Waals surface area contributed by atoms with Crippen LogP contribution in [-0.2, 0) is 7.05 Å². The Hall–Kier alpha value is -2.17. The van der Waals surface area contributed by atoms with E-state index < -0.39 is 0 Å². The first-order valence-electron chi connectivity index (χ1n) is 6.31. The molecule has 0 unspecified atom stereocenters. The van der Waals surface area contributed by atoms with E-state index in [4.69, 9.17) is 0 Å². The summed E-state index contributed by atoms with van der Waals surface area (Å²) in [5.41, 5.74) is 1.77. The van der Waals surface area contributed by atoms with E-state index >= 15 is 0 Å². The number of nitrogens with one attached hydrogen (secondary N) is 2. The van der Waals surface area contributed by atoms with Crippen LogP contribution in [0.25, 0.3) is 11.8 Å². The molecule has 1 aromatic rings. The number of carbonyl (C=O) groups is 1. The van der Waals surface area contributed by atoms with Gasteiger partial charge in [0.1, 0.15) is 0 Å². The average Bonchev–Trinajstić information content (AvgIpc) is 2.72. The van der Waals surface area contributed by atoms with Crippen molar-refractivity contribution in [2.24, 2.45) is 7.05 Å². The van der Waals surface area contributed by atoms with E-state index in [2.05, 4.69) is 23.3 Å². The number of rotatable bonds is 6. The summed E-state index contributed by atoms with van der Waals surface area (Å²) in [6.45, 7) is 4.40. The first-order valence-corrected chi connectivity index (χ1v) is 6.31. The van der Waals surface area contributed by atoms with Gasteiger partial charge >= 0.3 is 0 Å². The molecular formula is C14H18N3O2-. The van der Waals surface area contributed by atoms with Crippen LogP contribution in [0, 0.1) is 0 Å². The second-order valence-corrected chi connectivity index (χ2v) is 4.57. The molecule has 0 saturated carbocycles. The van der Waals surface area contributed by atoms with Crippen LogP contribution in [0.5, 0.6) is 0 Å². The van der Waals surface area contributed by atoms with E-state index in [1.807, 2.05) is 17.8 Å². The van der Waals surface area contributed by atoms with Crippen LogP contribution in [0.2, 0.25) is 0 Å². The lowest BCUT2D eigenvalue weighted by Gasteiger charge is -2.16. The molecule has 0 spiro atoms. The summed E-state index contributed by atoms with van der Waals surface area (Å²) >= 11 is 0. The number of hydrogen-bond donors (Lipinski definition) is 2. The predicted molar refractivity (Wildman–Crippen MR) is 72.3 cm³/mol. The van der Waals surface area contributed by atoms with Crippen molar-refractivity contribution in [2.75, 3.05) is 13.1 Å². The van der Waals surface area contributed by atoms with Crippen LogP contribution in [0.4, 0.5) is 0 Å². The molecule has 0 aliphatic heterocycles. The zero-order valence-electron chi connectivity index (χ0n) is 11.0. The molecule has 0 bridgehead atoms. The standard InChI is InChI=1S/C14H19N3O2/c1-10(19)15-6-7-16-12-4-3-5-13-14(12)11(9-18)8-17(13)2/h5,8-9,15-16,19H,1,3-4,6-7H2,2H3/p-1. The monoisotopic (exact) mass is 260 g/mol. The quantitative estimate of drug-likeness (QED) is 0.372. The fourth-order valence-electron chi connectivity index (χ4n) is 2.40. The Kier molecular flexibility index (Phi) is 3.94. The normalized spacial score (nSPS) is 13.4. The molecule has 2 N–H and O–H groups in total. The van der Waals surface area contributed by atoms with Crippen LogP contribution < -0.4 is 26.3 Å². The second kappa shape index (κ2) is 5.65. The molecule has 0 amide bonds. The summed E-state index contributed by atoms with van der Waals surface area (Å²) in [5.74, 6) is -0.280. The number of aryl methyl sites for hydroxylation is 1. The first kappa shape index (κ1) is 13.3. The van der Waals surface area contributed by atoms with Crippen LogP contribution in [0.3, 0.4) is 0 Å². The number of nitrogens with zero attached hydrogens (tertiary/aromatic N) is 1. The van der Waals surface area contributed by atoms with Gasteiger partial charge < -0.3 is 20.3 Å². The maximum atomic E-state index is 11.1. The molecule has 0 radical (unpaired) electrons. The van der Waals surface area contributed by atoms with Gasteiger partial charge in [-0.15, -0.1) is 0 Å². The number of aromatic nitrogens is 1. The largest absolute Gasteiger partial charge is 0.861 e. The summed E-state index contributed by atoms with van der Waals surface area (Å²) in [6, 6.07) is 0. The molecule has 0 fully saturated rings. The molecule has 0 atom stereocenters. The van der Waals surface area contributed by atoms with Crippen LogP contribution in [0.15, 0.2) is 18.7 Å². The zero-order chi connectivity index (χ0) is 13.8. The summed E-state index contributed by atoms with van der Waals surface area (Å²) in [6.07, 6.45) is 6.71. The molecule has 1 aromatic heterocycles. The van der Waals surface area contributed by atoms with Gasteiger partial charge in [0.25, 0.3) is 0 Å². The lowest BCUT2D eigenvalue weighted by atomic mass is 10.1. The Balaban J connectivity index is 2.24. The van der Waals surface area contributed by atoms with E-state index in [1.165, 1.54) is 0 Å². The van der Waals surface area contributed by atoms with E-state index in [0.29, 0.717) is 18.7 Å². The van der Waals surface area contributed by atoms with E-state index in [9.17, 15) is 9.90 Å². The van der Waals surface area contributed by atoms with Gasteiger partial charge in [0.2, 0.25) is 0 Å². The van der Waals surface area contributed by atoms with Crippen LogP contribution in [0.1, 0.15) is 23.2 Å². The molecule has 19 heavy (non-hydrogen) atoms. The van der Waals surface area contributed by atoms with Crippen molar-refractivity contribution >= 4 is 18.1 Å². The topological polar surface area (TPSA) is 69.1 Å². The van der Waals surface area contributed by atoms with Crippen molar-refractivity contribution in [1.29, 1.82) is 0 Å². The van der Waals surface area contributed by atoms with E-state index in [1.54, 1.807) is 0 Å². The van der Waals surface area contributed by atoms with Gasteiger partial charge in [0.05, 0.1) is 0 Å². The number of aldehydes is 1. The molecule has 5 heteroatoms. The van der Waals surface area contributed by atoms with Crippen molar-refractivity contribution in [3.8, 4) is 0 Å².